The highest BCUT2D eigenvalue weighted by Crippen LogP contribution is 2.30. The molecule has 7 heteroatoms. The number of hydrogen-bond acceptors (Lipinski definition) is 3. The summed E-state index contributed by atoms with van der Waals surface area (Å²) in [6.07, 6.45) is -1.37. The predicted octanol–water partition coefficient (Wildman–Crippen LogP) is 2.50. The Labute approximate surface area is 110 Å². The normalized spacial score (nSPS) is 23.6. The van der Waals surface area contributed by atoms with Crippen LogP contribution in [0.5, 0.6) is 0 Å². The molecule has 1 amide bonds. The second-order valence-corrected chi connectivity index (χ2v) is 5.71. The molecule has 110 valence electrons. The van der Waals surface area contributed by atoms with E-state index >= 15 is 0 Å². The number of nitrogens with zero attached hydrogens (tertiary/aromatic N) is 1. The van der Waals surface area contributed by atoms with Crippen LogP contribution in [0, 0.1) is 0 Å². The Morgan fingerprint density at radius 3 is 2.42 bits per heavy atom. The second kappa shape index (κ2) is 5.30. The maximum atomic E-state index is 13.5. The second-order valence-electron chi connectivity index (χ2n) is 5.71. The van der Waals surface area contributed by atoms with Crippen molar-refractivity contribution < 1.29 is 28.2 Å². The van der Waals surface area contributed by atoms with Gasteiger partial charge in [0.05, 0.1) is 6.54 Å². The Kier molecular flexibility index (Phi) is 4.37. The Morgan fingerprint density at radius 2 is 1.95 bits per heavy atom. The molecule has 0 aromatic heterocycles. The van der Waals surface area contributed by atoms with Gasteiger partial charge in [-0.2, -0.15) is 0 Å². The predicted molar refractivity (Wildman–Crippen MR) is 63.2 cm³/mol. The number of carboxylic acid groups (broad SMARTS) is 1. The number of ether oxygens (including phenoxy) is 1. The van der Waals surface area contributed by atoms with Crippen molar-refractivity contribution in [1.82, 2.24) is 4.90 Å². The Balaban J connectivity index is 2.94. The summed E-state index contributed by atoms with van der Waals surface area (Å²) in [5, 5.41) is 9.06. The van der Waals surface area contributed by atoms with E-state index in [1.54, 1.807) is 20.8 Å². The van der Waals surface area contributed by atoms with Gasteiger partial charge < -0.3 is 9.84 Å². The molecule has 0 saturated carbocycles. The zero-order chi connectivity index (χ0) is 14.8. The van der Waals surface area contributed by atoms with Crippen LogP contribution in [0.25, 0.3) is 0 Å². The van der Waals surface area contributed by atoms with Crippen LogP contribution < -0.4 is 0 Å². The summed E-state index contributed by atoms with van der Waals surface area (Å²) < 4.78 is 32.0. The van der Waals surface area contributed by atoms with Crippen molar-refractivity contribution in [3.8, 4) is 0 Å². The number of alkyl halides is 2. The van der Waals surface area contributed by atoms with Gasteiger partial charge in [-0.15, -0.1) is 0 Å². The summed E-state index contributed by atoms with van der Waals surface area (Å²) in [7, 11) is 0. The Morgan fingerprint density at radius 1 is 1.37 bits per heavy atom. The zero-order valence-corrected chi connectivity index (χ0v) is 11.3. The Hall–Kier alpha value is -1.40. The average molecular weight is 279 g/mol. The molecule has 1 N–H and O–H groups in total. The maximum absolute atomic E-state index is 13.5. The lowest BCUT2D eigenvalue weighted by Gasteiger charge is -2.31. The van der Waals surface area contributed by atoms with Gasteiger partial charge in [-0.3, -0.25) is 4.90 Å². The zero-order valence-electron chi connectivity index (χ0n) is 11.3. The van der Waals surface area contributed by atoms with Gasteiger partial charge in [0.15, 0.2) is 0 Å². The number of likely N-dealkylation sites (tertiary alicyclic amines) is 1. The van der Waals surface area contributed by atoms with E-state index in [0.717, 1.165) is 0 Å². The van der Waals surface area contributed by atoms with Crippen LogP contribution in [0.15, 0.2) is 0 Å². The molecule has 5 nitrogen and oxygen atoms in total. The molecule has 19 heavy (non-hydrogen) atoms. The van der Waals surface area contributed by atoms with Crippen LogP contribution in [0.1, 0.15) is 40.0 Å². The highest BCUT2D eigenvalue weighted by Gasteiger charge is 2.43. The number of amides is 1. The number of carbonyl (C=O) groups excluding carboxylic acids is 1. The highest BCUT2D eigenvalue weighted by atomic mass is 19.3. The van der Waals surface area contributed by atoms with Crippen LogP contribution in [-0.4, -0.2) is 46.2 Å². The first kappa shape index (κ1) is 15.7. The molecule has 0 aliphatic carbocycles. The fourth-order valence-electron chi connectivity index (χ4n) is 1.92. The van der Waals surface area contributed by atoms with Crippen LogP contribution in [0.3, 0.4) is 0 Å². The summed E-state index contributed by atoms with van der Waals surface area (Å²) in [6.45, 7) is 3.86. The summed E-state index contributed by atoms with van der Waals surface area (Å²) in [5.41, 5.74) is -0.859. The van der Waals surface area contributed by atoms with Gasteiger partial charge in [0, 0.05) is 6.42 Å². The molecule has 1 rings (SSSR count). The molecular formula is C12H19F2NO4. The van der Waals surface area contributed by atoms with Gasteiger partial charge in [-0.05, 0) is 33.6 Å². The van der Waals surface area contributed by atoms with Gasteiger partial charge in [0.1, 0.15) is 11.6 Å². The van der Waals surface area contributed by atoms with Crippen LogP contribution in [0.4, 0.5) is 13.6 Å². The van der Waals surface area contributed by atoms with Crippen molar-refractivity contribution >= 4 is 12.1 Å². The number of carbonyl (C=O) groups is 2. The molecule has 0 spiro atoms. The molecule has 1 atom stereocenters. The van der Waals surface area contributed by atoms with Crippen LogP contribution >= 0.6 is 0 Å². The summed E-state index contributed by atoms with van der Waals surface area (Å²) in [4.78, 5) is 23.6. The molecule has 0 bridgehead atoms. The minimum atomic E-state index is -3.08. The number of halogens is 2. The van der Waals surface area contributed by atoms with Crippen molar-refractivity contribution in [2.75, 3.05) is 6.54 Å². The SMILES string of the molecule is CC(C)(C)OC(=O)N1CC(F)(F)CCCC1C(=O)O. The lowest BCUT2D eigenvalue weighted by Crippen LogP contribution is -2.50. The van der Waals surface area contributed by atoms with Gasteiger partial charge in [-0.1, -0.05) is 0 Å². The molecule has 1 aliphatic rings. The smallest absolute Gasteiger partial charge is 0.411 e. The van der Waals surface area contributed by atoms with Gasteiger partial charge >= 0.3 is 12.1 Å². The van der Waals surface area contributed by atoms with Gasteiger partial charge in [0.25, 0.3) is 5.92 Å². The highest BCUT2D eigenvalue weighted by molar-refractivity contribution is 5.80. The monoisotopic (exact) mass is 279 g/mol. The van der Waals surface area contributed by atoms with E-state index in [0.29, 0.717) is 4.90 Å². The Bertz CT molecular complexity index is 365. The van der Waals surface area contributed by atoms with E-state index in [1.807, 2.05) is 0 Å². The first-order valence-corrected chi connectivity index (χ1v) is 6.12. The fourth-order valence-corrected chi connectivity index (χ4v) is 1.92. The molecule has 0 radical (unpaired) electrons. The molecule has 0 aromatic carbocycles. The topological polar surface area (TPSA) is 66.8 Å². The van der Waals surface area contributed by atoms with Crippen molar-refractivity contribution in [2.45, 2.75) is 57.6 Å². The molecule has 1 unspecified atom stereocenters. The molecule has 1 aliphatic heterocycles. The van der Waals surface area contributed by atoms with Crippen molar-refractivity contribution in [3.05, 3.63) is 0 Å². The number of aliphatic carboxylic acids is 1. The summed E-state index contributed by atoms with van der Waals surface area (Å²) in [6, 6.07) is -1.26. The van der Waals surface area contributed by atoms with Crippen LogP contribution in [-0.2, 0) is 9.53 Å². The van der Waals surface area contributed by atoms with Crippen molar-refractivity contribution in [1.29, 1.82) is 0 Å². The largest absolute Gasteiger partial charge is 0.480 e. The number of rotatable bonds is 1. The van der Waals surface area contributed by atoms with Crippen LogP contribution in [0.2, 0.25) is 0 Å². The molecule has 1 heterocycles. The molecule has 1 fully saturated rings. The van der Waals surface area contributed by atoms with Gasteiger partial charge in [0.2, 0.25) is 0 Å². The lowest BCUT2D eigenvalue weighted by molar-refractivity contribution is -0.144. The van der Waals surface area contributed by atoms with Crippen molar-refractivity contribution in [2.24, 2.45) is 0 Å². The fraction of sp³-hybridized carbons (Fsp3) is 0.833. The third-order valence-electron chi connectivity index (χ3n) is 2.71. The minimum Gasteiger partial charge on any atom is -0.480 e. The standard InChI is InChI=1S/C12H19F2NO4/c1-11(2,3)19-10(18)15-7-12(13,14)6-4-5-8(15)9(16)17/h8H,4-7H2,1-3H3,(H,16,17). The number of carboxylic acids is 1. The minimum absolute atomic E-state index is 0.00413. The van der Waals surface area contributed by atoms with Gasteiger partial charge in [-0.25, -0.2) is 18.4 Å². The van der Waals surface area contributed by atoms with E-state index in [-0.39, 0.29) is 12.8 Å². The molecular weight excluding hydrogens is 260 g/mol. The van der Waals surface area contributed by atoms with E-state index in [4.69, 9.17) is 9.84 Å². The third-order valence-corrected chi connectivity index (χ3v) is 2.71. The molecule has 0 aromatic rings. The van der Waals surface area contributed by atoms with E-state index < -0.39 is 42.6 Å². The van der Waals surface area contributed by atoms with E-state index in [1.165, 1.54) is 0 Å². The first-order valence-electron chi connectivity index (χ1n) is 6.12. The number of hydrogen-bond donors (Lipinski definition) is 1. The third kappa shape index (κ3) is 4.65. The maximum Gasteiger partial charge on any atom is 0.411 e. The summed E-state index contributed by atoms with van der Waals surface area (Å²) >= 11 is 0. The summed E-state index contributed by atoms with van der Waals surface area (Å²) in [5.74, 6) is -4.37. The average Bonchev–Trinajstić information content (AvgIpc) is 2.33. The lowest BCUT2D eigenvalue weighted by atomic mass is 10.1. The van der Waals surface area contributed by atoms with E-state index in [9.17, 15) is 18.4 Å². The molecule has 1 saturated heterocycles. The quantitative estimate of drug-likeness (QED) is 0.800. The van der Waals surface area contributed by atoms with E-state index in [2.05, 4.69) is 0 Å². The first-order chi connectivity index (χ1) is 8.52. The van der Waals surface area contributed by atoms with Crippen molar-refractivity contribution in [3.63, 3.8) is 0 Å².